The average molecular weight is 400 g/mol. The molecule has 3 aliphatic rings. The maximum absolute atomic E-state index is 12.8. The number of imide groups is 1. The van der Waals surface area contributed by atoms with Gasteiger partial charge in [-0.2, -0.15) is 0 Å². The lowest BCUT2D eigenvalue weighted by Crippen LogP contribution is -2.52. The minimum atomic E-state index is -0.577. The van der Waals surface area contributed by atoms with Gasteiger partial charge in [0.05, 0.1) is 6.10 Å². The van der Waals surface area contributed by atoms with Gasteiger partial charge in [0.2, 0.25) is 11.8 Å². The number of carbonyl (C=O) groups is 3. The minimum Gasteiger partial charge on any atom is -0.377 e. The molecule has 0 saturated carbocycles. The van der Waals surface area contributed by atoms with E-state index in [1.807, 2.05) is 19.1 Å². The van der Waals surface area contributed by atoms with Crippen LogP contribution in [0, 0.1) is 5.92 Å². The third-order valence-electron chi connectivity index (χ3n) is 6.13. The van der Waals surface area contributed by atoms with Crippen LogP contribution in [0.5, 0.6) is 0 Å². The molecule has 0 radical (unpaired) electrons. The molecule has 0 aromatic heterocycles. The van der Waals surface area contributed by atoms with Gasteiger partial charge in [0.15, 0.2) is 0 Å². The monoisotopic (exact) mass is 400 g/mol. The molecular formula is C21H28N4O4. The SMILES string of the molecule is CCO[C@@H]1CN(Cc2ccc3c(c2)CN(C2CCC(=O)NC2=O)C3=O)C[C@H]1CN. The van der Waals surface area contributed by atoms with Gasteiger partial charge in [0.1, 0.15) is 6.04 Å². The molecular weight excluding hydrogens is 372 g/mol. The standard InChI is InChI=1S/C21H28N4O4/c1-2-29-18-12-24(10-15(18)8-22)9-13-3-4-16-14(7-13)11-25(21(16)28)17-5-6-19(26)23-20(17)27/h3-4,7,15,17-18H,2,5-6,8-12,22H2,1H3,(H,23,26,27)/t15-,17?,18-/m1/s1. The number of nitrogens with one attached hydrogen (secondary N) is 1. The third kappa shape index (κ3) is 3.92. The van der Waals surface area contributed by atoms with Crippen molar-refractivity contribution in [1.82, 2.24) is 15.1 Å². The largest absolute Gasteiger partial charge is 0.377 e. The number of hydrogen-bond acceptors (Lipinski definition) is 6. The molecule has 3 aliphatic heterocycles. The number of hydrogen-bond donors (Lipinski definition) is 2. The number of fused-ring (bicyclic) bond motifs is 1. The molecule has 1 aromatic rings. The van der Waals surface area contributed by atoms with Crippen molar-refractivity contribution in [1.29, 1.82) is 0 Å². The summed E-state index contributed by atoms with van der Waals surface area (Å²) in [5, 5.41) is 2.34. The number of ether oxygens (including phenoxy) is 1. The molecule has 0 bridgehead atoms. The van der Waals surface area contributed by atoms with Gasteiger partial charge in [-0.25, -0.2) is 0 Å². The Morgan fingerprint density at radius 3 is 2.79 bits per heavy atom. The van der Waals surface area contributed by atoms with Crippen LogP contribution in [0.2, 0.25) is 0 Å². The van der Waals surface area contributed by atoms with Crippen molar-refractivity contribution >= 4 is 17.7 Å². The van der Waals surface area contributed by atoms with Gasteiger partial charge in [-0.05, 0) is 37.1 Å². The summed E-state index contributed by atoms with van der Waals surface area (Å²) in [4.78, 5) is 40.3. The lowest BCUT2D eigenvalue weighted by Gasteiger charge is -2.29. The molecule has 1 aromatic carbocycles. The summed E-state index contributed by atoms with van der Waals surface area (Å²) in [7, 11) is 0. The van der Waals surface area contributed by atoms with Crippen molar-refractivity contribution < 1.29 is 19.1 Å². The van der Waals surface area contributed by atoms with Gasteiger partial charge in [0.25, 0.3) is 5.91 Å². The molecule has 3 atom stereocenters. The number of piperidine rings is 1. The third-order valence-corrected chi connectivity index (χ3v) is 6.13. The lowest BCUT2D eigenvalue weighted by molar-refractivity contribution is -0.136. The summed E-state index contributed by atoms with van der Waals surface area (Å²) in [6.07, 6.45) is 0.814. The predicted octanol–water partition coefficient (Wildman–Crippen LogP) is 0.243. The van der Waals surface area contributed by atoms with Crippen molar-refractivity contribution in [3.05, 3.63) is 34.9 Å². The first kappa shape index (κ1) is 20.0. The van der Waals surface area contributed by atoms with E-state index in [0.29, 0.717) is 37.6 Å². The molecule has 3 heterocycles. The summed E-state index contributed by atoms with van der Waals surface area (Å²) >= 11 is 0. The molecule has 2 saturated heterocycles. The Bertz CT molecular complexity index is 827. The van der Waals surface area contributed by atoms with Crippen molar-refractivity contribution in [3.63, 3.8) is 0 Å². The van der Waals surface area contributed by atoms with E-state index in [9.17, 15) is 14.4 Å². The van der Waals surface area contributed by atoms with Gasteiger partial charge in [-0.1, -0.05) is 12.1 Å². The molecule has 3 N–H and O–H groups in total. The number of benzene rings is 1. The van der Waals surface area contributed by atoms with Crippen molar-refractivity contribution in [2.24, 2.45) is 11.7 Å². The normalized spacial score (nSPS) is 27.4. The highest BCUT2D eigenvalue weighted by Crippen LogP contribution is 2.29. The van der Waals surface area contributed by atoms with Crippen LogP contribution in [0.25, 0.3) is 0 Å². The Balaban J connectivity index is 1.44. The number of likely N-dealkylation sites (tertiary alicyclic amines) is 1. The summed E-state index contributed by atoms with van der Waals surface area (Å²) in [5.74, 6) is -0.449. The van der Waals surface area contributed by atoms with Crippen molar-refractivity contribution in [3.8, 4) is 0 Å². The first-order chi connectivity index (χ1) is 14.0. The summed E-state index contributed by atoms with van der Waals surface area (Å²) < 4.78 is 5.83. The van der Waals surface area contributed by atoms with Gasteiger partial charge < -0.3 is 15.4 Å². The predicted molar refractivity (Wildman–Crippen MR) is 106 cm³/mol. The molecule has 1 unspecified atom stereocenters. The van der Waals surface area contributed by atoms with Gasteiger partial charge in [0, 0.05) is 50.7 Å². The lowest BCUT2D eigenvalue weighted by atomic mass is 10.0. The highest BCUT2D eigenvalue weighted by molar-refractivity contribution is 6.05. The Morgan fingerprint density at radius 2 is 2.07 bits per heavy atom. The minimum absolute atomic E-state index is 0.137. The molecule has 4 rings (SSSR count). The second kappa shape index (κ2) is 8.22. The molecule has 0 aliphatic carbocycles. The topological polar surface area (TPSA) is 105 Å². The van der Waals surface area contributed by atoms with Crippen LogP contribution >= 0.6 is 0 Å². The van der Waals surface area contributed by atoms with Gasteiger partial charge in [-0.3, -0.25) is 24.6 Å². The molecule has 29 heavy (non-hydrogen) atoms. The Morgan fingerprint density at radius 1 is 1.24 bits per heavy atom. The number of nitrogens with two attached hydrogens (primary N) is 1. The van der Waals surface area contributed by atoms with E-state index in [1.165, 1.54) is 0 Å². The van der Waals surface area contributed by atoms with Crippen molar-refractivity contribution in [2.75, 3.05) is 26.2 Å². The maximum atomic E-state index is 12.8. The zero-order chi connectivity index (χ0) is 20.5. The highest BCUT2D eigenvalue weighted by Gasteiger charge is 2.39. The van der Waals surface area contributed by atoms with E-state index in [2.05, 4.69) is 16.3 Å². The van der Waals surface area contributed by atoms with E-state index in [-0.39, 0.29) is 30.2 Å². The van der Waals surface area contributed by atoms with Crippen LogP contribution in [0.15, 0.2) is 18.2 Å². The van der Waals surface area contributed by atoms with E-state index in [1.54, 1.807) is 4.90 Å². The molecule has 8 nitrogen and oxygen atoms in total. The van der Waals surface area contributed by atoms with Crippen molar-refractivity contribution in [2.45, 2.75) is 45.0 Å². The quantitative estimate of drug-likeness (QED) is 0.663. The van der Waals surface area contributed by atoms with Crippen LogP contribution in [-0.4, -0.2) is 65.9 Å². The maximum Gasteiger partial charge on any atom is 0.255 e. The smallest absolute Gasteiger partial charge is 0.255 e. The second-order valence-electron chi connectivity index (χ2n) is 8.08. The zero-order valence-corrected chi connectivity index (χ0v) is 16.7. The molecule has 3 amide bonds. The van der Waals surface area contributed by atoms with E-state index >= 15 is 0 Å². The van der Waals surface area contributed by atoms with Gasteiger partial charge >= 0.3 is 0 Å². The first-order valence-electron chi connectivity index (χ1n) is 10.3. The van der Waals surface area contributed by atoms with Crippen LogP contribution in [0.3, 0.4) is 0 Å². The molecule has 156 valence electrons. The second-order valence-corrected chi connectivity index (χ2v) is 8.08. The fraction of sp³-hybridized carbons (Fsp3) is 0.571. The van der Waals surface area contributed by atoms with Crippen LogP contribution < -0.4 is 11.1 Å². The van der Waals surface area contributed by atoms with Crippen LogP contribution in [-0.2, 0) is 27.4 Å². The fourth-order valence-corrected chi connectivity index (χ4v) is 4.67. The highest BCUT2D eigenvalue weighted by atomic mass is 16.5. The summed E-state index contributed by atoms with van der Waals surface area (Å²) in [6, 6.07) is 5.32. The van der Waals surface area contributed by atoms with E-state index < -0.39 is 6.04 Å². The number of carbonyl (C=O) groups excluding carboxylic acids is 3. The number of amides is 3. The molecule has 0 spiro atoms. The number of nitrogens with zero attached hydrogens (tertiary/aromatic N) is 2. The Labute approximate surface area is 170 Å². The molecule has 8 heteroatoms. The molecule has 2 fully saturated rings. The average Bonchev–Trinajstić information content (AvgIpc) is 3.22. The fourth-order valence-electron chi connectivity index (χ4n) is 4.67. The number of rotatable bonds is 6. The first-order valence-corrected chi connectivity index (χ1v) is 10.3. The Kier molecular flexibility index (Phi) is 5.67. The van der Waals surface area contributed by atoms with E-state index in [4.69, 9.17) is 10.5 Å². The van der Waals surface area contributed by atoms with Crippen LogP contribution in [0.4, 0.5) is 0 Å². The van der Waals surface area contributed by atoms with E-state index in [0.717, 1.165) is 30.8 Å². The summed E-state index contributed by atoms with van der Waals surface area (Å²) in [5.41, 5.74) is 8.62. The Hall–Kier alpha value is -2.29. The zero-order valence-electron chi connectivity index (χ0n) is 16.7. The van der Waals surface area contributed by atoms with Crippen LogP contribution in [0.1, 0.15) is 41.3 Å². The van der Waals surface area contributed by atoms with Gasteiger partial charge in [-0.15, -0.1) is 0 Å². The summed E-state index contributed by atoms with van der Waals surface area (Å²) in [6.45, 7) is 6.24.